The van der Waals surface area contributed by atoms with Crippen LogP contribution in [0.25, 0.3) is 22.2 Å². The molecule has 4 atom stereocenters. The van der Waals surface area contributed by atoms with Crippen LogP contribution in [0.4, 0.5) is 4.79 Å². The lowest BCUT2D eigenvalue weighted by molar-refractivity contribution is -0.139. The Hall–Kier alpha value is -5.18. The second kappa shape index (κ2) is 20.2. The largest absolute Gasteiger partial charge is 0.497 e. The number of nitrogens with two attached hydrogens (primary N) is 1. The number of rotatable bonds is 20. The number of unbranched alkanes of at least 4 members (excludes halogenated alkanes) is 3. The number of nitrogens with zero attached hydrogens (tertiary/aromatic N) is 2. The molecule has 0 spiro atoms. The summed E-state index contributed by atoms with van der Waals surface area (Å²) in [5, 5.41) is 3.05. The number of hydrogen-bond acceptors (Lipinski definition) is 10. The number of nitrogens with one attached hydrogen (secondary N) is 2. The molecule has 320 valence electrons. The van der Waals surface area contributed by atoms with Crippen LogP contribution in [-0.2, 0) is 29.1 Å². The standard InChI is InChI=1S/C44H59N5O9S/c1-6-29(41(51)48-59(54,55)33-22-23-33)17-13-10-8-7-9-11-16-20-35(47-43(53)58-44(2,3)4)42(52)49-28-32(26-38(49)40(45)50)57-39-27-36(30-18-14-12-15-19-30)46-37-25-31(56-5)21-24-34(37)39/h8,10,12,14-15,18-19,21,24-25,27,29,32-33,35,38H,6-7,9,11,13,16-17,20,22-23,26,28H2,1-5H3,(H2,45,50)(H,47,53)(H,48,51)/b10-8-/t29-,32-,35+,38+/m1/s1. The Morgan fingerprint density at radius 3 is 2.37 bits per heavy atom. The topological polar surface area (TPSA) is 196 Å². The van der Waals surface area contributed by atoms with Crippen LogP contribution in [0.15, 0.2) is 66.7 Å². The Morgan fingerprint density at radius 1 is 0.983 bits per heavy atom. The summed E-state index contributed by atoms with van der Waals surface area (Å²) in [5.41, 5.74) is 7.31. The number of pyridine rings is 1. The van der Waals surface area contributed by atoms with Gasteiger partial charge in [0.05, 0.1) is 30.1 Å². The number of likely N-dealkylation sites (tertiary alicyclic amines) is 1. The third-order valence-corrected chi connectivity index (χ3v) is 12.3. The highest BCUT2D eigenvalue weighted by Crippen LogP contribution is 2.35. The number of amides is 4. The number of benzene rings is 2. The van der Waals surface area contributed by atoms with Gasteiger partial charge < -0.3 is 30.2 Å². The molecule has 0 bridgehead atoms. The Labute approximate surface area is 347 Å². The quantitative estimate of drug-likeness (QED) is 0.0829. The average molecular weight is 834 g/mol. The fraction of sp³-hybridized carbons (Fsp3) is 0.523. The van der Waals surface area contributed by atoms with E-state index in [1.54, 1.807) is 27.9 Å². The zero-order valence-electron chi connectivity index (χ0n) is 34.8. The van der Waals surface area contributed by atoms with Crippen molar-refractivity contribution in [3.63, 3.8) is 0 Å². The lowest BCUT2D eigenvalue weighted by Crippen LogP contribution is -2.53. The maximum absolute atomic E-state index is 14.3. The van der Waals surface area contributed by atoms with Gasteiger partial charge in [-0.05, 0) is 84.3 Å². The van der Waals surface area contributed by atoms with Crippen molar-refractivity contribution < 1.29 is 41.8 Å². The first-order valence-corrected chi connectivity index (χ1v) is 22.1. The van der Waals surface area contributed by atoms with Crippen LogP contribution in [-0.4, -0.2) is 84.8 Å². The van der Waals surface area contributed by atoms with E-state index in [1.165, 1.54) is 4.90 Å². The molecule has 15 heteroatoms. The molecule has 14 nitrogen and oxygen atoms in total. The Morgan fingerprint density at radius 2 is 1.71 bits per heavy atom. The van der Waals surface area contributed by atoms with Gasteiger partial charge in [0.25, 0.3) is 0 Å². The zero-order valence-corrected chi connectivity index (χ0v) is 35.6. The van der Waals surface area contributed by atoms with Crippen molar-refractivity contribution in [1.29, 1.82) is 0 Å². The summed E-state index contributed by atoms with van der Waals surface area (Å²) in [6.45, 7) is 7.16. The molecule has 2 aliphatic rings. The van der Waals surface area contributed by atoms with Gasteiger partial charge in [-0.1, -0.05) is 62.2 Å². The fourth-order valence-electron chi connectivity index (χ4n) is 7.17. The van der Waals surface area contributed by atoms with E-state index >= 15 is 0 Å². The summed E-state index contributed by atoms with van der Waals surface area (Å²) in [7, 11) is -1.98. The van der Waals surface area contributed by atoms with Crippen LogP contribution < -0.4 is 25.2 Å². The van der Waals surface area contributed by atoms with Crippen LogP contribution in [0.5, 0.6) is 11.5 Å². The summed E-state index contributed by atoms with van der Waals surface area (Å²) < 4.78 is 44.1. The van der Waals surface area contributed by atoms with Gasteiger partial charge in [-0.25, -0.2) is 18.2 Å². The van der Waals surface area contributed by atoms with Crippen LogP contribution in [0.2, 0.25) is 0 Å². The highest BCUT2D eigenvalue weighted by molar-refractivity contribution is 7.90. The summed E-state index contributed by atoms with van der Waals surface area (Å²) in [6.07, 6.45) is 9.11. The van der Waals surface area contributed by atoms with Gasteiger partial charge in [0.15, 0.2) is 0 Å². The molecule has 1 aliphatic carbocycles. The number of alkyl carbamates (subject to hydrolysis) is 1. The third-order valence-electron chi connectivity index (χ3n) is 10.5. The molecule has 1 aromatic heterocycles. The summed E-state index contributed by atoms with van der Waals surface area (Å²) >= 11 is 0. The number of allylic oxidation sites excluding steroid dienone is 2. The molecule has 59 heavy (non-hydrogen) atoms. The first-order valence-electron chi connectivity index (χ1n) is 20.6. The third kappa shape index (κ3) is 12.9. The number of primary amides is 1. The van der Waals surface area contributed by atoms with Crippen molar-refractivity contribution in [2.45, 2.75) is 127 Å². The number of carbonyl (C=O) groups is 4. The van der Waals surface area contributed by atoms with Crippen molar-refractivity contribution >= 4 is 44.7 Å². The number of fused-ring (bicyclic) bond motifs is 1. The molecular formula is C44H59N5O9S. The average Bonchev–Trinajstić information content (AvgIpc) is 3.98. The fourth-order valence-corrected chi connectivity index (χ4v) is 8.54. The van der Waals surface area contributed by atoms with E-state index in [0.717, 1.165) is 30.2 Å². The van der Waals surface area contributed by atoms with Crippen molar-refractivity contribution in [2.24, 2.45) is 11.7 Å². The van der Waals surface area contributed by atoms with Gasteiger partial charge in [-0.15, -0.1) is 0 Å². The molecule has 1 saturated carbocycles. The predicted octanol–water partition coefficient (Wildman–Crippen LogP) is 6.56. The van der Waals surface area contributed by atoms with Crippen LogP contribution >= 0.6 is 0 Å². The maximum Gasteiger partial charge on any atom is 0.408 e. The van der Waals surface area contributed by atoms with Gasteiger partial charge in [0.2, 0.25) is 27.7 Å². The Kier molecular flexibility index (Phi) is 15.4. The first-order chi connectivity index (χ1) is 28.1. The van der Waals surface area contributed by atoms with Crippen molar-refractivity contribution in [3.05, 3.63) is 66.7 Å². The smallest absolute Gasteiger partial charge is 0.408 e. The van der Waals surface area contributed by atoms with E-state index in [1.807, 2.05) is 73.7 Å². The Balaban J connectivity index is 1.20. The number of hydrogen-bond donors (Lipinski definition) is 3. The van der Waals surface area contributed by atoms with Crippen molar-refractivity contribution in [3.8, 4) is 22.8 Å². The molecule has 2 heterocycles. The number of methoxy groups -OCH3 is 1. The number of sulfonamides is 1. The van der Waals surface area contributed by atoms with Crippen LogP contribution in [0, 0.1) is 5.92 Å². The van der Waals surface area contributed by atoms with E-state index in [9.17, 15) is 27.6 Å². The molecule has 3 aromatic rings. The molecule has 5 rings (SSSR count). The minimum atomic E-state index is -3.56. The number of aromatic nitrogens is 1. The van der Waals surface area contributed by atoms with Gasteiger partial charge in [-0.3, -0.25) is 19.1 Å². The molecule has 4 N–H and O–H groups in total. The van der Waals surface area contributed by atoms with Crippen LogP contribution in [0.1, 0.15) is 98.3 Å². The summed E-state index contributed by atoms with van der Waals surface area (Å²) in [4.78, 5) is 58.9. The molecule has 4 amide bonds. The van der Waals surface area contributed by atoms with Gasteiger partial charge in [0.1, 0.15) is 35.3 Å². The monoisotopic (exact) mass is 833 g/mol. The summed E-state index contributed by atoms with van der Waals surface area (Å²) in [6, 6.07) is 15.1. The second-order valence-corrected chi connectivity index (χ2v) is 18.3. The lowest BCUT2D eigenvalue weighted by atomic mass is 9.99. The van der Waals surface area contributed by atoms with E-state index in [-0.39, 0.29) is 18.9 Å². The predicted molar refractivity (Wildman–Crippen MR) is 226 cm³/mol. The normalized spacial score (nSPS) is 18.0. The molecule has 0 unspecified atom stereocenters. The van der Waals surface area contributed by atoms with Crippen molar-refractivity contribution in [2.75, 3.05) is 13.7 Å². The molecule has 1 saturated heterocycles. The van der Waals surface area contributed by atoms with Gasteiger partial charge >= 0.3 is 6.09 Å². The van der Waals surface area contributed by atoms with Crippen molar-refractivity contribution in [1.82, 2.24) is 19.9 Å². The second-order valence-electron chi connectivity index (χ2n) is 16.3. The van der Waals surface area contributed by atoms with Gasteiger partial charge in [-0.2, -0.15) is 0 Å². The lowest BCUT2D eigenvalue weighted by Gasteiger charge is -2.28. The Bertz CT molecular complexity index is 2080. The molecule has 2 aromatic carbocycles. The maximum atomic E-state index is 14.3. The zero-order chi connectivity index (χ0) is 42.7. The molecule has 0 radical (unpaired) electrons. The van der Waals surface area contributed by atoms with E-state index < -0.39 is 62.9 Å². The number of ether oxygens (including phenoxy) is 3. The molecule has 1 aliphatic heterocycles. The van der Waals surface area contributed by atoms with E-state index in [0.29, 0.717) is 67.7 Å². The first kappa shape index (κ1) is 44.9. The minimum absolute atomic E-state index is 0.0707. The SMILES string of the molecule is CC[C@H](CC/C=C\CCCCC[C@H](NC(=O)OC(C)(C)C)C(=O)N1C[C@H](Oc2cc(-c3ccccc3)nc3cc(OC)ccc23)C[C@H]1C(N)=O)C(=O)NS(=O)(=O)C1CC1. The highest BCUT2D eigenvalue weighted by Gasteiger charge is 2.43. The molecular weight excluding hydrogens is 775 g/mol. The minimum Gasteiger partial charge on any atom is -0.497 e. The van der Waals surface area contributed by atoms with Gasteiger partial charge in [0, 0.05) is 35.4 Å². The highest BCUT2D eigenvalue weighted by atomic mass is 32.2. The van der Waals surface area contributed by atoms with Crippen LogP contribution in [0.3, 0.4) is 0 Å². The summed E-state index contributed by atoms with van der Waals surface area (Å²) in [5.74, 6) is -0.755. The van der Waals surface area contributed by atoms with E-state index in [2.05, 4.69) is 10.0 Å². The van der Waals surface area contributed by atoms with E-state index in [4.69, 9.17) is 24.9 Å². The number of carbonyl (C=O) groups excluding carboxylic acids is 4. The molecule has 2 fully saturated rings.